The van der Waals surface area contributed by atoms with Crippen molar-refractivity contribution in [3.8, 4) is 0 Å². The normalized spacial score (nSPS) is 10.8. The van der Waals surface area contributed by atoms with E-state index in [1.54, 1.807) is 6.20 Å². The molecule has 0 spiro atoms. The lowest BCUT2D eigenvalue weighted by atomic mass is 10.1. The molecule has 0 atom stereocenters. The highest BCUT2D eigenvalue weighted by Crippen LogP contribution is 2.21. The third kappa shape index (κ3) is 2.66. The van der Waals surface area contributed by atoms with Gasteiger partial charge in [-0.1, -0.05) is 29.8 Å². The van der Waals surface area contributed by atoms with E-state index >= 15 is 0 Å². The molecule has 0 amide bonds. The van der Waals surface area contributed by atoms with Crippen molar-refractivity contribution in [1.82, 2.24) is 14.4 Å². The molecule has 0 unspecified atom stereocenters. The average molecular weight is 282 g/mol. The van der Waals surface area contributed by atoms with E-state index in [-0.39, 0.29) is 0 Å². The standard InChI is InChI=1S/C15H18N6/c1-11-4-3-5-12(8-11)9-20(2)15-14-17-6-7-21(14)10-13(18-15)19-16/h3-8,10,19H,9,16H2,1-2H3. The van der Waals surface area contributed by atoms with Gasteiger partial charge >= 0.3 is 0 Å². The first-order valence-electron chi connectivity index (χ1n) is 6.74. The van der Waals surface area contributed by atoms with E-state index in [9.17, 15) is 0 Å². The molecule has 2 aromatic heterocycles. The molecule has 0 saturated carbocycles. The minimum absolute atomic E-state index is 0.603. The van der Waals surface area contributed by atoms with Crippen molar-refractivity contribution < 1.29 is 0 Å². The number of hydrazine groups is 1. The van der Waals surface area contributed by atoms with Gasteiger partial charge in [0.05, 0.1) is 6.20 Å². The fourth-order valence-electron chi connectivity index (χ4n) is 2.40. The Morgan fingerprint density at radius 3 is 3.00 bits per heavy atom. The lowest BCUT2D eigenvalue weighted by Gasteiger charge is -2.19. The van der Waals surface area contributed by atoms with Gasteiger partial charge in [0.25, 0.3) is 0 Å². The van der Waals surface area contributed by atoms with E-state index in [0.29, 0.717) is 5.82 Å². The van der Waals surface area contributed by atoms with E-state index < -0.39 is 0 Å². The Kier molecular flexibility index (Phi) is 3.45. The number of nitrogens with zero attached hydrogens (tertiary/aromatic N) is 4. The Morgan fingerprint density at radius 2 is 2.24 bits per heavy atom. The number of rotatable bonds is 4. The highest BCUT2D eigenvalue weighted by atomic mass is 15.3. The van der Waals surface area contributed by atoms with Crippen molar-refractivity contribution in [1.29, 1.82) is 0 Å². The molecule has 0 fully saturated rings. The van der Waals surface area contributed by atoms with Gasteiger partial charge in [0.15, 0.2) is 17.3 Å². The maximum atomic E-state index is 5.49. The Balaban J connectivity index is 1.97. The van der Waals surface area contributed by atoms with Crippen molar-refractivity contribution in [2.24, 2.45) is 5.84 Å². The first-order chi connectivity index (χ1) is 10.2. The van der Waals surface area contributed by atoms with Gasteiger partial charge in [-0.15, -0.1) is 0 Å². The molecule has 6 heteroatoms. The highest BCUT2D eigenvalue weighted by molar-refractivity contribution is 5.66. The zero-order chi connectivity index (χ0) is 14.8. The van der Waals surface area contributed by atoms with Crippen molar-refractivity contribution in [3.05, 3.63) is 54.0 Å². The lowest BCUT2D eigenvalue weighted by Crippen LogP contribution is -2.20. The summed E-state index contributed by atoms with van der Waals surface area (Å²) in [4.78, 5) is 10.9. The smallest absolute Gasteiger partial charge is 0.180 e. The Labute approximate surface area is 123 Å². The van der Waals surface area contributed by atoms with Crippen LogP contribution in [0, 0.1) is 6.92 Å². The van der Waals surface area contributed by atoms with Crippen LogP contribution in [0.15, 0.2) is 42.9 Å². The number of hydrogen-bond acceptors (Lipinski definition) is 5. The molecular weight excluding hydrogens is 264 g/mol. The summed E-state index contributed by atoms with van der Waals surface area (Å²) in [6, 6.07) is 8.43. The van der Waals surface area contributed by atoms with Gasteiger partial charge in [0.2, 0.25) is 0 Å². The molecule has 0 bridgehead atoms. The fourth-order valence-corrected chi connectivity index (χ4v) is 2.40. The molecule has 3 rings (SSSR count). The number of benzene rings is 1. The van der Waals surface area contributed by atoms with Gasteiger partial charge in [-0.2, -0.15) is 0 Å². The van der Waals surface area contributed by atoms with Gasteiger partial charge in [-0.25, -0.2) is 15.8 Å². The number of hydrogen-bond donors (Lipinski definition) is 2. The molecule has 3 aromatic rings. The maximum Gasteiger partial charge on any atom is 0.180 e. The molecule has 0 radical (unpaired) electrons. The maximum absolute atomic E-state index is 5.49. The molecule has 21 heavy (non-hydrogen) atoms. The second-order valence-corrected chi connectivity index (χ2v) is 5.10. The summed E-state index contributed by atoms with van der Waals surface area (Å²) in [6.45, 7) is 2.85. The molecule has 0 aliphatic rings. The van der Waals surface area contributed by atoms with Crippen LogP contribution in [0.5, 0.6) is 0 Å². The van der Waals surface area contributed by atoms with Crippen LogP contribution < -0.4 is 16.2 Å². The summed E-state index contributed by atoms with van der Waals surface area (Å²) in [5.74, 6) is 6.88. The molecular formula is C15H18N6. The van der Waals surface area contributed by atoms with E-state index in [1.807, 2.05) is 23.8 Å². The quantitative estimate of drug-likeness (QED) is 0.565. The van der Waals surface area contributed by atoms with Gasteiger partial charge in [-0.05, 0) is 12.5 Å². The van der Waals surface area contributed by atoms with Crippen molar-refractivity contribution in [2.75, 3.05) is 17.4 Å². The molecule has 0 saturated heterocycles. The zero-order valence-corrected chi connectivity index (χ0v) is 12.1. The minimum Gasteiger partial charge on any atom is -0.352 e. The number of imidazole rings is 1. The fraction of sp³-hybridized carbons (Fsp3) is 0.200. The van der Waals surface area contributed by atoms with Crippen LogP contribution in [0.1, 0.15) is 11.1 Å². The summed E-state index contributed by atoms with van der Waals surface area (Å²) in [5, 5.41) is 0. The molecule has 0 aliphatic carbocycles. The molecule has 1 aromatic carbocycles. The van der Waals surface area contributed by atoms with Crippen LogP contribution in [0.2, 0.25) is 0 Å². The highest BCUT2D eigenvalue weighted by Gasteiger charge is 2.12. The number of anilines is 2. The molecule has 2 heterocycles. The lowest BCUT2D eigenvalue weighted by molar-refractivity contribution is 0.891. The van der Waals surface area contributed by atoms with Gasteiger partial charge < -0.3 is 14.7 Å². The summed E-state index contributed by atoms with van der Waals surface area (Å²) >= 11 is 0. The average Bonchev–Trinajstić information content (AvgIpc) is 2.94. The zero-order valence-electron chi connectivity index (χ0n) is 12.1. The summed E-state index contributed by atoms with van der Waals surface area (Å²) in [5.41, 5.74) is 5.88. The minimum atomic E-state index is 0.603. The third-order valence-electron chi connectivity index (χ3n) is 3.37. The number of nitrogens with two attached hydrogens (primary N) is 1. The second-order valence-electron chi connectivity index (χ2n) is 5.10. The number of fused-ring (bicyclic) bond motifs is 1. The predicted octanol–water partition coefficient (Wildman–Crippen LogP) is 1.96. The van der Waals surface area contributed by atoms with Crippen molar-refractivity contribution in [3.63, 3.8) is 0 Å². The van der Waals surface area contributed by atoms with Crippen LogP contribution in [0.3, 0.4) is 0 Å². The van der Waals surface area contributed by atoms with Crippen molar-refractivity contribution >= 4 is 17.3 Å². The Hall–Kier alpha value is -2.60. The largest absolute Gasteiger partial charge is 0.352 e. The molecule has 108 valence electrons. The Morgan fingerprint density at radius 1 is 1.38 bits per heavy atom. The second kappa shape index (κ2) is 5.41. The van der Waals surface area contributed by atoms with Crippen LogP contribution in [0.25, 0.3) is 5.65 Å². The van der Waals surface area contributed by atoms with Crippen molar-refractivity contribution in [2.45, 2.75) is 13.5 Å². The van der Waals surface area contributed by atoms with E-state index in [1.165, 1.54) is 11.1 Å². The van der Waals surface area contributed by atoms with Crippen LogP contribution in [0.4, 0.5) is 11.6 Å². The van der Waals surface area contributed by atoms with Gasteiger partial charge in [0, 0.05) is 26.0 Å². The number of nitrogens with one attached hydrogen (secondary N) is 1. The molecule has 0 aliphatic heterocycles. The number of aryl methyl sites for hydroxylation is 1. The summed E-state index contributed by atoms with van der Waals surface area (Å²) in [6.07, 6.45) is 5.44. The number of nitrogen functional groups attached to an aromatic ring is 1. The van der Waals surface area contributed by atoms with Crippen LogP contribution in [-0.4, -0.2) is 21.4 Å². The van der Waals surface area contributed by atoms with Crippen LogP contribution >= 0.6 is 0 Å². The molecule has 3 N–H and O–H groups in total. The first kappa shape index (κ1) is 13.4. The Bertz CT molecular complexity index is 764. The monoisotopic (exact) mass is 282 g/mol. The summed E-state index contributed by atoms with van der Waals surface area (Å²) in [7, 11) is 2.00. The SMILES string of the molecule is Cc1cccc(CN(C)c2nc(NN)cn3ccnc23)c1. The van der Waals surface area contributed by atoms with Gasteiger partial charge in [0.1, 0.15) is 0 Å². The first-order valence-corrected chi connectivity index (χ1v) is 6.74. The topological polar surface area (TPSA) is 71.5 Å². The van der Waals surface area contributed by atoms with E-state index in [4.69, 9.17) is 5.84 Å². The van der Waals surface area contributed by atoms with E-state index in [2.05, 4.69) is 51.5 Å². The summed E-state index contributed by atoms with van der Waals surface area (Å²) < 4.78 is 1.91. The van der Waals surface area contributed by atoms with Crippen LogP contribution in [-0.2, 0) is 6.54 Å². The molecule has 6 nitrogen and oxygen atoms in total. The number of aromatic nitrogens is 3. The van der Waals surface area contributed by atoms with E-state index in [0.717, 1.165) is 18.0 Å². The van der Waals surface area contributed by atoms with Gasteiger partial charge in [-0.3, -0.25) is 0 Å². The third-order valence-corrected chi connectivity index (χ3v) is 3.37. The predicted molar refractivity (Wildman–Crippen MR) is 84.1 cm³/mol.